The lowest BCUT2D eigenvalue weighted by Crippen LogP contribution is -2.46. The molecule has 1 N–H and O–H groups in total. The molecule has 0 saturated carbocycles. The molecule has 0 aliphatic carbocycles. The van der Waals surface area contributed by atoms with Gasteiger partial charge in [0, 0.05) is 26.2 Å². The predicted molar refractivity (Wildman–Crippen MR) is 67.5 cm³/mol. The van der Waals surface area contributed by atoms with E-state index in [1.807, 2.05) is 0 Å². The Bertz CT molecular complexity index is 233. The molecule has 2 aliphatic heterocycles. The molecule has 0 aromatic rings. The summed E-state index contributed by atoms with van der Waals surface area (Å²) in [5.41, 5.74) is 0. The first-order valence-corrected chi connectivity index (χ1v) is 6.87. The normalized spacial score (nSPS) is 34.7. The van der Waals surface area contributed by atoms with Crippen LogP contribution in [0, 0.1) is 0 Å². The maximum absolute atomic E-state index is 5.79. The quantitative estimate of drug-likeness (QED) is 0.768. The predicted octanol–water partition coefficient (Wildman–Crippen LogP) is 0.921. The average molecular weight is 259 g/mol. The van der Waals surface area contributed by atoms with Crippen LogP contribution in [0.4, 0.5) is 0 Å². The second-order valence-electron chi connectivity index (χ2n) is 5.13. The molecule has 5 heteroatoms. The van der Waals surface area contributed by atoms with Crippen LogP contribution in [0.2, 0.25) is 0 Å². The second kappa shape index (κ2) is 7.40. The monoisotopic (exact) mass is 259 g/mol. The highest BCUT2D eigenvalue weighted by Crippen LogP contribution is 2.15. The molecule has 0 radical (unpaired) electrons. The van der Waals surface area contributed by atoms with Crippen molar-refractivity contribution in [1.29, 1.82) is 0 Å². The average Bonchev–Trinajstić information content (AvgIpc) is 2.90. The van der Waals surface area contributed by atoms with Gasteiger partial charge in [-0.05, 0) is 19.8 Å². The van der Waals surface area contributed by atoms with Crippen molar-refractivity contribution in [2.24, 2.45) is 0 Å². The van der Waals surface area contributed by atoms with Crippen LogP contribution in [0.25, 0.3) is 0 Å². The maximum Gasteiger partial charge on any atom is 0.110 e. The van der Waals surface area contributed by atoms with Crippen molar-refractivity contribution < 1.29 is 18.9 Å². The third kappa shape index (κ3) is 4.48. The fourth-order valence-electron chi connectivity index (χ4n) is 2.39. The smallest absolute Gasteiger partial charge is 0.110 e. The molecule has 0 bridgehead atoms. The Hall–Kier alpha value is -0.200. The van der Waals surface area contributed by atoms with Gasteiger partial charge in [0.25, 0.3) is 0 Å². The van der Waals surface area contributed by atoms with Crippen LogP contribution >= 0.6 is 0 Å². The van der Waals surface area contributed by atoms with Crippen LogP contribution in [0.3, 0.4) is 0 Å². The van der Waals surface area contributed by atoms with Crippen LogP contribution in [0.1, 0.15) is 26.2 Å². The van der Waals surface area contributed by atoms with Crippen LogP contribution < -0.4 is 5.32 Å². The Labute approximate surface area is 109 Å². The van der Waals surface area contributed by atoms with Crippen LogP contribution in [-0.4, -0.2) is 58.0 Å². The SMILES string of the molecule is COC1CCOC(NC(C)COC2CCOC2)C1. The van der Waals surface area contributed by atoms with Gasteiger partial charge < -0.3 is 18.9 Å². The van der Waals surface area contributed by atoms with Crippen molar-refractivity contribution in [2.45, 2.75) is 50.7 Å². The summed E-state index contributed by atoms with van der Waals surface area (Å²) in [6.45, 7) is 5.15. The molecule has 2 rings (SSSR count). The molecule has 2 heterocycles. The summed E-state index contributed by atoms with van der Waals surface area (Å²) >= 11 is 0. The fourth-order valence-corrected chi connectivity index (χ4v) is 2.39. The molecule has 4 unspecified atom stereocenters. The van der Waals surface area contributed by atoms with Gasteiger partial charge >= 0.3 is 0 Å². The van der Waals surface area contributed by atoms with Gasteiger partial charge in [0.15, 0.2) is 0 Å². The summed E-state index contributed by atoms with van der Waals surface area (Å²) < 4.78 is 22.1. The molecular formula is C13H25NO4. The summed E-state index contributed by atoms with van der Waals surface area (Å²) in [6, 6.07) is 0.284. The largest absolute Gasteiger partial charge is 0.381 e. The van der Waals surface area contributed by atoms with E-state index in [1.54, 1.807) is 7.11 Å². The summed E-state index contributed by atoms with van der Waals surface area (Å²) in [7, 11) is 1.76. The van der Waals surface area contributed by atoms with E-state index in [0.29, 0.717) is 12.7 Å². The van der Waals surface area contributed by atoms with Crippen molar-refractivity contribution in [1.82, 2.24) is 5.32 Å². The highest BCUT2D eigenvalue weighted by atomic mass is 16.5. The molecule has 0 spiro atoms. The third-order valence-corrected chi connectivity index (χ3v) is 3.51. The van der Waals surface area contributed by atoms with E-state index < -0.39 is 0 Å². The molecular weight excluding hydrogens is 234 g/mol. The third-order valence-electron chi connectivity index (χ3n) is 3.51. The lowest BCUT2D eigenvalue weighted by Gasteiger charge is -2.31. The van der Waals surface area contributed by atoms with E-state index in [0.717, 1.165) is 39.1 Å². The van der Waals surface area contributed by atoms with Gasteiger partial charge in [0.05, 0.1) is 32.0 Å². The highest BCUT2D eigenvalue weighted by molar-refractivity contribution is 4.73. The van der Waals surface area contributed by atoms with E-state index in [-0.39, 0.29) is 18.4 Å². The number of rotatable bonds is 6. The maximum atomic E-state index is 5.79. The van der Waals surface area contributed by atoms with Crippen molar-refractivity contribution >= 4 is 0 Å². The number of nitrogens with one attached hydrogen (secondary N) is 1. The van der Waals surface area contributed by atoms with E-state index in [1.165, 1.54) is 0 Å². The zero-order valence-corrected chi connectivity index (χ0v) is 11.4. The Morgan fingerprint density at radius 2 is 2.11 bits per heavy atom. The number of ether oxygens (including phenoxy) is 4. The molecule has 18 heavy (non-hydrogen) atoms. The zero-order valence-electron chi connectivity index (χ0n) is 11.4. The first-order valence-electron chi connectivity index (χ1n) is 6.87. The lowest BCUT2D eigenvalue weighted by atomic mass is 10.1. The van der Waals surface area contributed by atoms with E-state index in [9.17, 15) is 0 Å². The standard InChI is InChI=1S/C13H25NO4/c1-10(8-18-12-3-5-16-9-12)14-13-7-11(15-2)4-6-17-13/h10-14H,3-9H2,1-2H3. The molecule has 0 amide bonds. The van der Waals surface area contributed by atoms with Crippen molar-refractivity contribution in [3.05, 3.63) is 0 Å². The summed E-state index contributed by atoms with van der Waals surface area (Å²) in [4.78, 5) is 0. The minimum absolute atomic E-state index is 0.0853. The first kappa shape index (κ1) is 14.2. The Kier molecular flexibility index (Phi) is 5.85. The fraction of sp³-hybridized carbons (Fsp3) is 1.00. The van der Waals surface area contributed by atoms with Crippen LogP contribution in [0.15, 0.2) is 0 Å². The molecule has 0 aromatic carbocycles. The highest BCUT2D eigenvalue weighted by Gasteiger charge is 2.24. The van der Waals surface area contributed by atoms with Gasteiger partial charge in [-0.1, -0.05) is 0 Å². The Morgan fingerprint density at radius 3 is 2.83 bits per heavy atom. The van der Waals surface area contributed by atoms with E-state index in [4.69, 9.17) is 18.9 Å². The Balaban J connectivity index is 1.61. The van der Waals surface area contributed by atoms with Gasteiger partial charge in [0.1, 0.15) is 6.23 Å². The number of methoxy groups -OCH3 is 1. The molecule has 4 atom stereocenters. The molecule has 2 aliphatic rings. The van der Waals surface area contributed by atoms with E-state index in [2.05, 4.69) is 12.2 Å². The molecule has 0 aromatic heterocycles. The molecule has 5 nitrogen and oxygen atoms in total. The van der Waals surface area contributed by atoms with Crippen molar-refractivity contribution in [3.63, 3.8) is 0 Å². The van der Waals surface area contributed by atoms with Crippen molar-refractivity contribution in [3.8, 4) is 0 Å². The number of hydrogen-bond donors (Lipinski definition) is 1. The van der Waals surface area contributed by atoms with Crippen LogP contribution in [-0.2, 0) is 18.9 Å². The summed E-state index contributed by atoms with van der Waals surface area (Å²) in [5.74, 6) is 0. The molecule has 2 saturated heterocycles. The minimum atomic E-state index is 0.0853. The van der Waals surface area contributed by atoms with Gasteiger partial charge in [0.2, 0.25) is 0 Å². The van der Waals surface area contributed by atoms with Crippen molar-refractivity contribution in [2.75, 3.05) is 33.5 Å². The zero-order chi connectivity index (χ0) is 12.8. The summed E-state index contributed by atoms with van der Waals surface area (Å²) in [6.07, 6.45) is 3.58. The van der Waals surface area contributed by atoms with Gasteiger partial charge in [-0.25, -0.2) is 0 Å². The first-order chi connectivity index (χ1) is 8.78. The second-order valence-corrected chi connectivity index (χ2v) is 5.13. The Morgan fingerprint density at radius 1 is 1.28 bits per heavy atom. The lowest BCUT2D eigenvalue weighted by molar-refractivity contribution is -0.0798. The van der Waals surface area contributed by atoms with Gasteiger partial charge in [-0.3, -0.25) is 5.32 Å². The van der Waals surface area contributed by atoms with E-state index >= 15 is 0 Å². The molecule has 2 fully saturated rings. The topological polar surface area (TPSA) is 49.0 Å². The van der Waals surface area contributed by atoms with Crippen LogP contribution in [0.5, 0.6) is 0 Å². The molecule has 106 valence electrons. The van der Waals surface area contributed by atoms with Gasteiger partial charge in [-0.2, -0.15) is 0 Å². The number of hydrogen-bond acceptors (Lipinski definition) is 5. The summed E-state index contributed by atoms with van der Waals surface area (Å²) in [5, 5.41) is 3.44. The minimum Gasteiger partial charge on any atom is -0.381 e. The van der Waals surface area contributed by atoms with Gasteiger partial charge in [-0.15, -0.1) is 0 Å².